The first kappa shape index (κ1) is 17.9. The van der Waals surface area contributed by atoms with E-state index in [4.69, 9.17) is 21.4 Å². The fourth-order valence-corrected chi connectivity index (χ4v) is 3.58. The van der Waals surface area contributed by atoms with E-state index in [-0.39, 0.29) is 5.91 Å². The second-order valence-corrected chi connectivity index (χ2v) is 6.62. The van der Waals surface area contributed by atoms with Crippen molar-refractivity contribution in [3.05, 3.63) is 64.0 Å². The molecule has 1 heterocycles. The molecule has 8 heteroatoms. The molecule has 2 N–H and O–H groups in total. The van der Waals surface area contributed by atoms with Crippen molar-refractivity contribution in [2.45, 2.75) is 0 Å². The van der Waals surface area contributed by atoms with Crippen molar-refractivity contribution in [2.75, 3.05) is 6.61 Å². The zero-order chi connectivity index (χ0) is 18.5. The summed E-state index contributed by atoms with van der Waals surface area (Å²) in [6, 6.07) is 14.1. The first-order valence-corrected chi connectivity index (χ1v) is 8.69. The lowest BCUT2D eigenvalue weighted by Gasteiger charge is -2.02. The fourth-order valence-electron chi connectivity index (χ4n) is 2.17. The number of benzene rings is 2. The number of aliphatic carboxylic acids is 1. The molecular weight excluding hydrogens is 376 g/mol. The van der Waals surface area contributed by atoms with Gasteiger partial charge in [-0.15, -0.1) is 11.3 Å². The van der Waals surface area contributed by atoms with Crippen molar-refractivity contribution in [3.8, 4) is 5.75 Å². The summed E-state index contributed by atoms with van der Waals surface area (Å²) in [6.45, 7) is -0.403. The number of fused-ring (bicyclic) bond motifs is 1. The highest BCUT2D eigenvalue weighted by atomic mass is 35.5. The second-order valence-electron chi connectivity index (χ2n) is 5.19. The van der Waals surface area contributed by atoms with E-state index < -0.39 is 12.6 Å². The van der Waals surface area contributed by atoms with Crippen LogP contribution in [0.4, 0.5) is 0 Å². The maximum atomic E-state index is 12.3. The number of carbonyl (C=O) groups excluding carboxylic acids is 1. The number of hydrazone groups is 1. The maximum absolute atomic E-state index is 12.3. The van der Waals surface area contributed by atoms with Crippen LogP contribution in [0.1, 0.15) is 15.2 Å². The average molecular weight is 389 g/mol. The molecule has 132 valence electrons. The molecule has 6 nitrogen and oxygen atoms in total. The third kappa shape index (κ3) is 4.19. The molecule has 2 aromatic carbocycles. The predicted octanol–water partition coefficient (Wildman–Crippen LogP) is 3.78. The molecule has 0 saturated carbocycles. The van der Waals surface area contributed by atoms with Crippen LogP contribution in [0, 0.1) is 0 Å². The third-order valence-electron chi connectivity index (χ3n) is 3.36. The van der Waals surface area contributed by atoms with Crippen LogP contribution in [0.15, 0.2) is 53.6 Å². The molecule has 3 aromatic rings. The second kappa shape index (κ2) is 7.99. The summed E-state index contributed by atoms with van der Waals surface area (Å²) < 4.78 is 5.97. The Morgan fingerprint density at radius 1 is 1.19 bits per heavy atom. The molecule has 1 aromatic heterocycles. The molecule has 0 radical (unpaired) electrons. The number of hydrogen-bond acceptors (Lipinski definition) is 5. The molecule has 26 heavy (non-hydrogen) atoms. The smallest absolute Gasteiger partial charge is 0.341 e. The Morgan fingerprint density at radius 3 is 2.62 bits per heavy atom. The van der Waals surface area contributed by atoms with E-state index in [1.807, 2.05) is 24.3 Å². The molecule has 0 spiro atoms. The largest absolute Gasteiger partial charge is 0.482 e. The zero-order valence-corrected chi connectivity index (χ0v) is 14.9. The van der Waals surface area contributed by atoms with Crippen LogP contribution in [-0.2, 0) is 4.79 Å². The number of carbonyl (C=O) groups is 2. The number of rotatable bonds is 6. The minimum absolute atomic E-state index is 0.381. The highest BCUT2D eigenvalue weighted by Gasteiger charge is 2.16. The van der Waals surface area contributed by atoms with Crippen LogP contribution in [-0.4, -0.2) is 29.8 Å². The van der Waals surface area contributed by atoms with Crippen LogP contribution in [0.3, 0.4) is 0 Å². The van der Waals surface area contributed by atoms with Crippen molar-refractivity contribution in [3.63, 3.8) is 0 Å². The number of hydrogen-bond donors (Lipinski definition) is 2. The molecule has 0 atom stereocenters. The van der Waals surface area contributed by atoms with Gasteiger partial charge in [-0.25, -0.2) is 10.2 Å². The van der Waals surface area contributed by atoms with E-state index >= 15 is 0 Å². The predicted molar refractivity (Wildman–Crippen MR) is 101 cm³/mol. The van der Waals surface area contributed by atoms with Gasteiger partial charge in [-0.3, -0.25) is 4.79 Å². The van der Waals surface area contributed by atoms with Crippen molar-refractivity contribution in [1.82, 2.24) is 5.43 Å². The van der Waals surface area contributed by atoms with Crippen LogP contribution in [0.5, 0.6) is 5.75 Å². The first-order valence-electron chi connectivity index (χ1n) is 7.49. The van der Waals surface area contributed by atoms with Crippen LogP contribution >= 0.6 is 22.9 Å². The molecule has 0 bridgehead atoms. The number of carboxylic acid groups (broad SMARTS) is 1. The third-order valence-corrected chi connectivity index (χ3v) is 5.04. The van der Waals surface area contributed by atoms with E-state index in [9.17, 15) is 9.59 Å². The summed E-state index contributed by atoms with van der Waals surface area (Å²) in [4.78, 5) is 23.1. The minimum Gasteiger partial charge on any atom is -0.482 e. The number of nitrogens with one attached hydrogen (secondary N) is 1. The van der Waals surface area contributed by atoms with E-state index in [0.717, 1.165) is 15.6 Å². The number of thiophene rings is 1. The Balaban J connectivity index is 1.63. The maximum Gasteiger partial charge on any atom is 0.341 e. The van der Waals surface area contributed by atoms with Crippen molar-refractivity contribution < 1.29 is 19.4 Å². The molecule has 0 unspecified atom stereocenters. The Kier molecular flexibility index (Phi) is 5.50. The molecule has 1 amide bonds. The van der Waals surface area contributed by atoms with Gasteiger partial charge in [0, 0.05) is 10.1 Å². The summed E-state index contributed by atoms with van der Waals surface area (Å²) in [6.07, 6.45) is 1.47. The van der Waals surface area contributed by atoms with E-state index in [1.54, 1.807) is 24.3 Å². The van der Waals surface area contributed by atoms with Gasteiger partial charge in [-0.1, -0.05) is 29.8 Å². The van der Waals surface area contributed by atoms with Gasteiger partial charge < -0.3 is 9.84 Å². The Bertz CT molecular complexity index is 983. The van der Waals surface area contributed by atoms with Crippen molar-refractivity contribution in [1.29, 1.82) is 0 Å². The summed E-state index contributed by atoms with van der Waals surface area (Å²) in [5, 5.41) is 13.7. The molecule has 0 fully saturated rings. The average Bonchev–Trinajstić information content (AvgIpc) is 2.98. The van der Waals surface area contributed by atoms with Gasteiger partial charge >= 0.3 is 5.97 Å². The van der Waals surface area contributed by atoms with E-state index in [2.05, 4.69) is 10.5 Å². The topological polar surface area (TPSA) is 88.0 Å². The lowest BCUT2D eigenvalue weighted by Crippen LogP contribution is -2.16. The molecule has 0 aliphatic carbocycles. The van der Waals surface area contributed by atoms with Crippen LogP contribution < -0.4 is 10.2 Å². The summed E-state index contributed by atoms with van der Waals surface area (Å²) in [7, 11) is 0. The zero-order valence-electron chi connectivity index (χ0n) is 13.3. The van der Waals surface area contributed by atoms with Gasteiger partial charge in [-0.05, 0) is 35.9 Å². The lowest BCUT2D eigenvalue weighted by molar-refractivity contribution is -0.139. The van der Waals surface area contributed by atoms with Gasteiger partial charge in [0.05, 0.1) is 11.2 Å². The highest BCUT2D eigenvalue weighted by molar-refractivity contribution is 7.21. The molecule has 3 rings (SSSR count). The number of halogens is 1. The molecule has 0 saturated heterocycles. The van der Waals surface area contributed by atoms with Gasteiger partial charge in [0.1, 0.15) is 10.6 Å². The SMILES string of the molecule is O=C(O)COc1ccc(/C=N/NC(=O)c2sc3ccccc3c2Cl)cc1. The van der Waals surface area contributed by atoms with E-state index in [0.29, 0.717) is 15.6 Å². The number of ether oxygens (including phenoxy) is 1. The van der Waals surface area contributed by atoms with Crippen LogP contribution in [0.2, 0.25) is 5.02 Å². The van der Waals surface area contributed by atoms with Crippen molar-refractivity contribution in [2.24, 2.45) is 5.10 Å². The summed E-state index contributed by atoms with van der Waals surface area (Å²) in [5.74, 6) is -0.988. The van der Waals surface area contributed by atoms with Gasteiger partial charge in [0.2, 0.25) is 0 Å². The normalized spacial score (nSPS) is 11.0. The first-order chi connectivity index (χ1) is 12.5. The Hall–Kier alpha value is -2.90. The Morgan fingerprint density at radius 2 is 1.92 bits per heavy atom. The molecule has 0 aliphatic rings. The number of amides is 1. The molecule has 0 aliphatic heterocycles. The van der Waals surface area contributed by atoms with Gasteiger partial charge in [0.15, 0.2) is 6.61 Å². The summed E-state index contributed by atoms with van der Waals surface area (Å²) >= 11 is 7.56. The molecular formula is C18H13ClN2O4S. The van der Waals surface area contributed by atoms with E-state index in [1.165, 1.54) is 17.6 Å². The summed E-state index contributed by atoms with van der Waals surface area (Å²) in [5.41, 5.74) is 3.17. The van der Waals surface area contributed by atoms with Gasteiger partial charge in [-0.2, -0.15) is 5.10 Å². The lowest BCUT2D eigenvalue weighted by atomic mass is 10.2. The minimum atomic E-state index is -1.04. The van der Waals surface area contributed by atoms with Crippen LogP contribution in [0.25, 0.3) is 10.1 Å². The monoisotopic (exact) mass is 388 g/mol. The highest BCUT2D eigenvalue weighted by Crippen LogP contribution is 2.34. The quantitative estimate of drug-likeness (QED) is 0.497. The standard InChI is InChI=1S/C18H13ClN2O4S/c19-16-13-3-1-2-4-14(13)26-17(16)18(24)21-20-9-11-5-7-12(8-6-11)25-10-15(22)23/h1-9H,10H2,(H,21,24)(H,22,23)/b20-9+. The fraction of sp³-hybridized carbons (Fsp3) is 0.0556. The number of nitrogens with zero attached hydrogens (tertiary/aromatic N) is 1. The van der Waals surface area contributed by atoms with Crippen molar-refractivity contribution >= 4 is 51.1 Å². The number of carboxylic acids is 1. The Labute approximate surface area is 157 Å². The van der Waals surface area contributed by atoms with Gasteiger partial charge in [0.25, 0.3) is 5.91 Å².